The van der Waals surface area contributed by atoms with Crippen LogP contribution < -0.4 is 0 Å². The van der Waals surface area contributed by atoms with E-state index in [1.54, 1.807) is 12.5 Å². The summed E-state index contributed by atoms with van der Waals surface area (Å²) < 4.78 is 0. The number of aromatic nitrogens is 3. The summed E-state index contributed by atoms with van der Waals surface area (Å²) in [6.07, 6.45) is 3.12. The molecule has 6 heteroatoms. The highest BCUT2D eigenvalue weighted by Crippen LogP contribution is 2.23. The third-order valence-electron chi connectivity index (χ3n) is 2.90. The quantitative estimate of drug-likeness (QED) is 0.690. The average molecular weight is 218 g/mol. The Labute approximate surface area is 90.9 Å². The second-order valence-corrected chi connectivity index (χ2v) is 3.80. The summed E-state index contributed by atoms with van der Waals surface area (Å²) in [6, 6.07) is 0. The van der Waals surface area contributed by atoms with Crippen molar-refractivity contribution in [3.63, 3.8) is 0 Å². The predicted molar refractivity (Wildman–Crippen MR) is 56.0 cm³/mol. The lowest BCUT2D eigenvalue weighted by molar-refractivity contribution is 0.139. The van der Waals surface area contributed by atoms with Crippen molar-refractivity contribution in [2.75, 3.05) is 6.54 Å². The lowest BCUT2D eigenvalue weighted by Gasteiger charge is -2.25. The molecule has 0 saturated carbocycles. The number of amides is 1. The molecule has 0 saturated heterocycles. The summed E-state index contributed by atoms with van der Waals surface area (Å²) in [5.41, 5.74) is 3.70. The molecule has 0 unspecified atom stereocenters. The summed E-state index contributed by atoms with van der Waals surface area (Å²) in [7, 11) is 0. The van der Waals surface area contributed by atoms with Gasteiger partial charge in [-0.3, -0.25) is 4.98 Å². The van der Waals surface area contributed by atoms with Gasteiger partial charge in [0.25, 0.3) is 0 Å². The zero-order valence-corrected chi connectivity index (χ0v) is 8.47. The summed E-state index contributed by atoms with van der Waals surface area (Å²) >= 11 is 0. The molecule has 0 aromatic carbocycles. The molecule has 0 spiro atoms. The van der Waals surface area contributed by atoms with Crippen molar-refractivity contribution in [1.82, 2.24) is 19.9 Å². The van der Waals surface area contributed by atoms with E-state index in [1.165, 1.54) is 4.90 Å². The van der Waals surface area contributed by atoms with E-state index in [1.807, 2.05) is 0 Å². The van der Waals surface area contributed by atoms with Crippen LogP contribution in [0.4, 0.5) is 4.79 Å². The van der Waals surface area contributed by atoms with Crippen molar-refractivity contribution < 1.29 is 9.90 Å². The Kier molecular flexibility index (Phi) is 1.82. The SMILES string of the molecule is O=C(O)N1CCc2c(ncc3[nH]cnc23)C1. The zero-order valence-electron chi connectivity index (χ0n) is 8.47. The van der Waals surface area contributed by atoms with Gasteiger partial charge in [-0.2, -0.15) is 0 Å². The van der Waals surface area contributed by atoms with Gasteiger partial charge in [-0.15, -0.1) is 0 Å². The van der Waals surface area contributed by atoms with E-state index in [2.05, 4.69) is 15.0 Å². The molecule has 0 aliphatic carbocycles. The van der Waals surface area contributed by atoms with Crippen molar-refractivity contribution in [2.45, 2.75) is 13.0 Å². The van der Waals surface area contributed by atoms with E-state index in [9.17, 15) is 4.79 Å². The zero-order chi connectivity index (χ0) is 11.1. The van der Waals surface area contributed by atoms with Crippen LogP contribution in [0.15, 0.2) is 12.5 Å². The average Bonchev–Trinajstić information content (AvgIpc) is 2.76. The Balaban J connectivity index is 2.09. The van der Waals surface area contributed by atoms with Crippen LogP contribution >= 0.6 is 0 Å². The number of pyridine rings is 1. The number of nitrogens with zero attached hydrogens (tertiary/aromatic N) is 3. The van der Waals surface area contributed by atoms with Crippen molar-refractivity contribution in [2.24, 2.45) is 0 Å². The van der Waals surface area contributed by atoms with Crippen LogP contribution in [0, 0.1) is 0 Å². The van der Waals surface area contributed by atoms with Gasteiger partial charge in [-0.05, 0) is 6.42 Å². The fourth-order valence-corrected chi connectivity index (χ4v) is 2.07. The molecular formula is C10H10N4O2. The number of H-pyrrole nitrogens is 1. The van der Waals surface area contributed by atoms with Gasteiger partial charge >= 0.3 is 6.09 Å². The molecule has 2 N–H and O–H groups in total. The predicted octanol–water partition coefficient (Wildman–Crippen LogP) is 0.994. The standard InChI is InChI=1S/C10H10N4O2/c15-10(16)14-2-1-6-8(4-14)11-3-7-9(6)13-5-12-7/h3,5H,1-2,4H2,(H,12,13)(H,15,16). The molecule has 3 rings (SSSR count). The Morgan fingerprint density at radius 3 is 3.19 bits per heavy atom. The molecule has 0 atom stereocenters. The first kappa shape index (κ1) is 9.14. The van der Waals surface area contributed by atoms with Crippen molar-refractivity contribution in [3.05, 3.63) is 23.8 Å². The number of nitrogens with one attached hydrogen (secondary N) is 1. The molecular weight excluding hydrogens is 208 g/mol. The maximum absolute atomic E-state index is 10.9. The molecule has 16 heavy (non-hydrogen) atoms. The fourth-order valence-electron chi connectivity index (χ4n) is 2.07. The number of hydrogen-bond acceptors (Lipinski definition) is 3. The topological polar surface area (TPSA) is 82.1 Å². The molecule has 0 bridgehead atoms. The molecule has 2 aromatic heterocycles. The number of fused-ring (bicyclic) bond motifs is 3. The summed E-state index contributed by atoms with van der Waals surface area (Å²) in [5, 5.41) is 8.91. The van der Waals surface area contributed by atoms with Gasteiger partial charge in [-0.1, -0.05) is 0 Å². The third-order valence-corrected chi connectivity index (χ3v) is 2.90. The van der Waals surface area contributed by atoms with E-state index in [-0.39, 0.29) is 0 Å². The number of rotatable bonds is 0. The maximum atomic E-state index is 10.9. The van der Waals surface area contributed by atoms with Gasteiger partial charge in [0.15, 0.2) is 0 Å². The largest absolute Gasteiger partial charge is 0.465 e. The third kappa shape index (κ3) is 1.23. The summed E-state index contributed by atoms with van der Waals surface area (Å²) in [4.78, 5) is 23.7. The molecule has 2 aromatic rings. The number of carboxylic acid groups (broad SMARTS) is 1. The molecule has 6 nitrogen and oxygen atoms in total. The number of carbonyl (C=O) groups is 1. The van der Waals surface area contributed by atoms with Gasteiger partial charge in [-0.25, -0.2) is 9.78 Å². The van der Waals surface area contributed by atoms with Gasteiger partial charge < -0.3 is 15.0 Å². The van der Waals surface area contributed by atoms with E-state index in [0.29, 0.717) is 19.5 Å². The number of imidazole rings is 1. The Hall–Kier alpha value is -2.11. The molecule has 0 fully saturated rings. The first-order valence-corrected chi connectivity index (χ1v) is 5.03. The maximum Gasteiger partial charge on any atom is 0.407 e. The molecule has 1 amide bonds. The Bertz CT molecular complexity index is 563. The van der Waals surface area contributed by atoms with E-state index in [4.69, 9.17) is 5.11 Å². The van der Waals surface area contributed by atoms with Crippen LogP contribution in [0.5, 0.6) is 0 Å². The van der Waals surface area contributed by atoms with Crippen LogP contribution in [-0.2, 0) is 13.0 Å². The van der Waals surface area contributed by atoms with Gasteiger partial charge in [0.1, 0.15) is 0 Å². The highest BCUT2D eigenvalue weighted by molar-refractivity contribution is 5.78. The van der Waals surface area contributed by atoms with Crippen molar-refractivity contribution >= 4 is 17.1 Å². The Morgan fingerprint density at radius 2 is 2.38 bits per heavy atom. The lowest BCUT2D eigenvalue weighted by Crippen LogP contribution is -2.35. The minimum absolute atomic E-state index is 0.355. The molecule has 3 heterocycles. The minimum atomic E-state index is -0.894. The first-order valence-electron chi connectivity index (χ1n) is 5.03. The number of hydrogen-bond donors (Lipinski definition) is 2. The van der Waals surface area contributed by atoms with Crippen LogP contribution in [0.3, 0.4) is 0 Å². The smallest absolute Gasteiger partial charge is 0.407 e. The van der Waals surface area contributed by atoms with Crippen LogP contribution in [0.2, 0.25) is 0 Å². The first-order chi connectivity index (χ1) is 7.75. The van der Waals surface area contributed by atoms with Gasteiger partial charge in [0.05, 0.1) is 35.8 Å². The summed E-state index contributed by atoms with van der Waals surface area (Å²) in [5.74, 6) is 0. The minimum Gasteiger partial charge on any atom is -0.465 e. The van der Waals surface area contributed by atoms with Crippen molar-refractivity contribution in [1.29, 1.82) is 0 Å². The van der Waals surface area contributed by atoms with Crippen LogP contribution in [0.25, 0.3) is 11.0 Å². The van der Waals surface area contributed by atoms with E-state index in [0.717, 1.165) is 22.3 Å². The molecule has 82 valence electrons. The Morgan fingerprint density at radius 1 is 1.50 bits per heavy atom. The normalized spacial score (nSPS) is 15.1. The van der Waals surface area contributed by atoms with Crippen LogP contribution in [0.1, 0.15) is 11.3 Å². The van der Waals surface area contributed by atoms with E-state index < -0.39 is 6.09 Å². The number of aromatic amines is 1. The second-order valence-electron chi connectivity index (χ2n) is 3.80. The van der Waals surface area contributed by atoms with Crippen LogP contribution in [-0.4, -0.2) is 37.6 Å². The monoisotopic (exact) mass is 218 g/mol. The highest BCUT2D eigenvalue weighted by atomic mass is 16.4. The van der Waals surface area contributed by atoms with E-state index >= 15 is 0 Å². The van der Waals surface area contributed by atoms with Gasteiger partial charge in [0, 0.05) is 12.1 Å². The fraction of sp³-hybridized carbons (Fsp3) is 0.300. The molecule has 1 aliphatic rings. The second kappa shape index (κ2) is 3.19. The lowest BCUT2D eigenvalue weighted by atomic mass is 10.0. The molecule has 0 radical (unpaired) electrons. The van der Waals surface area contributed by atoms with Gasteiger partial charge in [0.2, 0.25) is 0 Å². The molecule has 1 aliphatic heterocycles. The highest BCUT2D eigenvalue weighted by Gasteiger charge is 2.23. The summed E-state index contributed by atoms with van der Waals surface area (Å²) in [6.45, 7) is 0.865. The van der Waals surface area contributed by atoms with Crippen molar-refractivity contribution in [3.8, 4) is 0 Å².